The van der Waals surface area contributed by atoms with E-state index < -0.39 is 8.56 Å². The molecule has 0 spiro atoms. The second-order valence-corrected chi connectivity index (χ2v) is 6.80. The standard InChI is InChI=1S/C13H19NO2Si/c1-3-15-17(16-4-2,12-8-11-14)13-9-6-5-7-10-13/h5-7,9-10H,3-4,8,12H2,1-2H3. The number of nitriles is 1. The van der Waals surface area contributed by atoms with Crippen LogP contribution in [0.5, 0.6) is 0 Å². The molecule has 1 aromatic carbocycles. The summed E-state index contributed by atoms with van der Waals surface area (Å²) in [6.45, 7) is 5.17. The van der Waals surface area contributed by atoms with Crippen LogP contribution in [-0.2, 0) is 8.85 Å². The lowest BCUT2D eigenvalue weighted by molar-refractivity contribution is 0.196. The van der Waals surface area contributed by atoms with Crippen molar-refractivity contribution in [2.75, 3.05) is 13.2 Å². The van der Waals surface area contributed by atoms with Gasteiger partial charge in [-0.3, -0.25) is 0 Å². The Morgan fingerprint density at radius 2 is 1.71 bits per heavy atom. The molecule has 0 fully saturated rings. The molecule has 0 aromatic heterocycles. The Morgan fingerprint density at radius 3 is 2.18 bits per heavy atom. The third kappa shape index (κ3) is 3.67. The van der Waals surface area contributed by atoms with Crippen LogP contribution in [-0.4, -0.2) is 21.8 Å². The average molecular weight is 249 g/mol. The smallest absolute Gasteiger partial charge is 0.373 e. The normalized spacial score (nSPS) is 11.1. The van der Waals surface area contributed by atoms with Crippen molar-refractivity contribution in [1.29, 1.82) is 5.26 Å². The van der Waals surface area contributed by atoms with Crippen LogP contribution in [0.2, 0.25) is 6.04 Å². The number of hydrogen-bond acceptors (Lipinski definition) is 3. The van der Waals surface area contributed by atoms with E-state index in [0.29, 0.717) is 25.7 Å². The van der Waals surface area contributed by atoms with Gasteiger partial charge in [0.05, 0.1) is 6.07 Å². The number of hydrogen-bond donors (Lipinski definition) is 0. The quantitative estimate of drug-likeness (QED) is 0.696. The van der Waals surface area contributed by atoms with Crippen molar-refractivity contribution in [2.24, 2.45) is 0 Å². The second-order valence-electron chi connectivity index (χ2n) is 3.64. The molecule has 0 aliphatic rings. The van der Waals surface area contributed by atoms with Gasteiger partial charge < -0.3 is 8.85 Å². The fourth-order valence-electron chi connectivity index (χ4n) is 1.88. The summed E-state index contributed by atoms with van der Waals surface area (Å²) in [5.41, 5.74) is 0. The van der Waals surface area contributed by atoms with Crippen molar-refractivity contribution in [3.63, 3.8) is 0 Å². The molecule has 0 amide bonds. The first-order valence-electron chi connectivity index (χ1n) is 5.99. The third-order valence-electron chi connectivity index (χ3n) is 2.53. The third-order valence-corrected chi connectivity index (χ3v) is 6.17. The molecule has 0 radical (unpaired) electrons. The molecule has 0 saturated heterocycles. The summed E-state index contributed by atoms with van der Waals surface area (Å²) in [6, 6.07) is 12.9. The molecule has 0 unspecified atom stereocenters. The molecular formula is C13H19NO2Si. The van der Waals surface area contributed by atoms with Gasteiger partial charge in [0.2, 0.25) is 0 Å². The molecule has 0 aliphatic carbocycles. The molecule has 0 bridgehead atoms. The largest absolute Gasteiger partial charge is 0.391 e. The molecule has 1 aromatic rings. The minimum Gasteiger partial charge on any atom is -0.391 e. The first-order chi connectivity index (χ1) is 8.29. The molecule has 1 rings (SSSR count). The van der Waals surface area contributed by atoms with Crippen LogP contribution in [0, 0.1) is 11.3 Å². The molecule has 0 atom stereocenters. The van der Waals surface area contributed by atoms with Crippen molar-refractivity contribution >= 4 is 13.7 Å². The molecule has 92 valence electrons. The first-order valence-corrected chi connectivity index (χ1v) is 8.01. The fourth-order valence-corrected chi connectivity index (χ4v) is 4.94. The van der Waals surface area contributed by atoms with Gasteiger partial charge >= 0.3 is 8.56 Å². The summed E-state index contributed by atoms with van der Waals surface area (Å²) in [4.78, 5) is 0. The van der Waals surface area contributed by atoms with E-state index in [2.05, 4.69) is 6.07 Å². The van der Waals surface area contributed by atoms with Gasteiger partial charge in [-0.2, -0.15) is 5.26 Å². The summed E-state index contributed by atoms with van der Waals surface area (Å²) in [6.07, 6.45) is 0.473. The highest BCUT2D eigenvalue weighted by Gasteiger charge is 2.38. The minimum atomic E-state index is -2.42. The van der Waals surface area contributed by atoms with Crippen molar-refractivity contribution in [1.82, 2.24) is 0 Å². The Balaban J connectivity index is 3.01. The van der Waals surface area contributed by atoms with Crippen LogP contribution >= 0.6 is 0 Å². The maximum atomic E-state index is 8.77. The summed E-state index contributed by atoms with van der Waals surface area (Å²) < 4.78 is 11.8. The predicted octanol–water partition coefficient (Wildman–Crippen LogP) is 2.32. The Morgan fingerprint density at radius 1 is 1.12 bits per heavy atom. The van der Waals surface area contributed by atoms with E-state index in [-0.39, 0.29) is 0 Å². The summed E-state index contributed by atoms with van der Waals surface area (Å²) in [5.74, 6) is 0. The molecule has 4 heteroatoms. The maximum absolute atomic E-state index is 8.77. The zero-order valence-electron chi connectivity index (χ0n) is 10.5. The SMILES string of the molecule is CCO[Si](CCC#N)(OCC)c1ccccc1. The molecule has 17 heavy (non-hydrogen) atoms. The number of rotatable bonds is 7. The molecule has 0 saturated carbocycles. The van der Waals surface area contributed by atoms with Crippen LogP contribution in [0.25, 0.3) is 0 Å². The lowest BCUT2D eigenvalue weighted by Crippen LogP contribution is -2.53. The summed E-state index contributed by atoms with van der Waals surface area (Å²) in [7, 11) is -2.42. The zero-order valence-corrected chi connectivity index (χ0v) is 11.5. The van der Waals surface area contributed by atoms with Crippen molar-refractivity contribution in [2.45, 2.75) is 26.3 Å². The Bertz CT molecular complexity index is 355. The molecule has 0 N–H and O–H groups in total. The minimum absolute atomic E-state index is 0.473. The Hall–Kier alpha value is -1.15. The zero-order chi connectivity index (χ0) is 12.6. The van der Waals surface area contributed by atoms with Crippen molar-refractivity contribution < 1.29 is 8.85 Å². The van der Waals surface area contributed by atoms with Gasteiger partial charge in [0, 0.05) is 25.7 Å². The summed E-state index contributed by atoms with van der Waals surface area (Å²) in [5, 5.41) is 9.88. The van der Waals surface area contributed by atoms with Gasteiger partial charge in [-0.1, -0.05) is 30.3 Å². The number of nitrogens with zero attached hydrogens (tertiary/aromatic N) is 1. The molecule has 3 nitrogen and oxygen atoms in total. The fraction of sp³-hybridized carbons (Fsp3) is 0.462. The topological polar surface area (TPSA) is 42.2 Å². The van der Waals surface area contributed by atoms with Gasteiger partial charge in [0.1, 0.15) is 0 Å². The second kappa shape index (κ2) is 7.23. The maximum Gasteiger partial charge on any atom is 0.373 e. The van der Waals surface area contributed by atoms with Crippen LogP contribution in [0.15, 0.2) is 30.3 Å². The molecule has 0 heterocycles. The highest BCUT2D eigenvalue weighted by molar-refractivity contribution is 6.81. The van der Waals surface area contributed by atoms with E-state index in [1.807, 2.05) is 44.2 Å². The highest BCUT2D eigenvalue weighted by atomic mass is 28.4. The lowest BCUT2D eigenvalue weighted by atomic mass is 10.4. The van der Waals surface area contributed by atoms with Crippen LogP contribution in [0.1, 0.15) is 20.3 Å². The lowest BCUT2D eigenvalue weighted by Gasteiger charge is -2.29. The van der Waals surface area contributed by atoms with Gasteiger partial charge in [0.15, 0.2) is 0 Å². The number of benzene rings is 1. The van der Waals surface area contributed by atoms with E-state index in [1.54, 1.807) is 0 Å². The molecular weight excluding hydrogens is 230 g/mol. The van der Waals surface area contributed by atoms with E-state index in [4.69, 9.17) is 14.1 Å². The van der Waals surface area contributed by atoms with E-state index in [9.17, 15) is 0 Å². The summed E-state index contributed by atoms with van der Waals surface area (Å²) >= 11 is 0. The van der Waals surface area contributed by atoms with Gasteiger partial charge in [0.25, 0.3) is 0 Å². The van der Waals surface area contributed by atoms with Crippen LogP contribution in [0.3, 0.4) is 0 Å². The van der Waals surface area contributed by atoms with Crippen LogP contribution < -0.4 is 5.19 Å². The van der Waals surface area contributed by atoms with Crippen LogP contribution in [0.4, 0.5) is 0 Å². The Labute approximate surface area is 104 Å². The average Bonchev–Trinajstić information content (AvgIpc) is 2.37. The predicted molar refractivity (Wildman–Crippen MR) is 70.1 cm³/mol. The molecule has 0 aliphatic heterocycles. The van der Waals surface area contributed by atoms with Crippen molar-refractivity contribution in [3.8, 4) is 6.07 Å². The van der Waals surface area contributed by atoms with Gasteiger partial charge in [-0.05, 0) is 19.0 Å². The Kier molecular flexibility index (Phi) is 5.91. The van der Waals surface area contributed by atoms with E-state index >= 15 is 0 Å². The highest BCUT2D eigenvalue weighted by Crippen LogP contribution is 2.16. The van der Waals surface area contributed by atoms with E-state index in [1.165, 1.54) is 0 Å². The van der Waals surface area contributed by atoms with Crippen molar-refractivity contribution in [3.05, 3.63) is 30.3 Å². The monoisotopic (exact) mass is 249 g/mol. The van der Waals surface area contributed by atoms with Gasteiger partial charge in [-0.25, -0.2) is 0 Å². The van der Waals surface area contributed by atoms with E-state index in [0.717, 1.165) is 5.19 Å². The van der Waals surface area contributed by atoms with Gasteiger partial charge in [-0.15, -0.1) is 0 Å². The first kappa shape index (κ1) is 13.9.